The molecule has 1 saturated heterocycles. The quantitative estimate of drug-likeness (QED) is 0.884. The summed E-state index contributed by atoms with van der Waals surface area (Å²) in [5.74, 6) is 0. The fourth-order valence-corrected chi connectivity index (χ4v) is 2.64. The van der Waals surface area contributed by atoms with Crippen molar-refractivity contribution in [2.75, 3.05) is 19.6 Å². The van der Waals surface area contributed by atoms with Crippen molar-refractivity contribution in [2.45, 2.75) is 18.6 Å². The molecule has 1 aliphatic rings. The second kappa shape index (κ2) is 5.11. The minimum absolute atomic E-state index is 0.694. The number of rotatable bonds is 4. The van der Waals surface area contributed by atoms with Crippen molar-refractivity contribution in [1.82, 2.24) is 19.7 Å². The summed E-state index contributed by atoms with van der Waals surface area (Å²) in [5, 5.41) is 18.3. The van der Waals surface area contributed by atoms with Gasteiger partial charge in [0.2, 0.25) is 0 Å². The van der Waals surface area contributed by atoms with Crippen molar-refractivity contribution in [1.29, 1.82) is 0 Å². The van der Waals surface area contributed by atoms with Crippen molar-refractivity contribution in [3.8, 4) is 0 Å². The Labute approximate surface area is 112 Å². The van der Waals surface area contributed by atoms with Crippen molar-refractivity contribution >= 4 is 0 Å². The fourth-order valence-electron chi connectivity index (χ4n) is 2.64. The van der Waals surface area contributed by atoms with E-state index in [4.69, 9.17) is 0 Å². The zero-order valence-electron chi connectivity index (χ0n) is 10.8. The van der Waals surface area contributed by atoms with E-state index in [0.717, 1.165) is 31.6 Å². The molecule has 5 heteroatoms. The van der Waals surface area contributed by atoms with E-state index in [2.05, 4.69) is 15.1 Å². The van der Waals surface area contributed by atoms with Gasteiger partial charge in [-0.15, -0.1) is 10.2 Å². The first-order chi connectivity index (χ1) is 9.26. The summed E-state index contributed by atoms with van der Waals surface area (Å²) in [4.78, 5) is 2.28. The van der Waals surface area contributed by atoms with Crippen LogP contribution in [0, 0.1) is 0 Å². The Kier molecular flexibility index (Phi) is 3.31. The molecule has 3 rings (SSSR count). The molecule has 1 atom stereocenters. The number of hydrogen-bond acceptors (Lipinski definition) is 4. The van der Waals surface area contributed by atoms with Crippen molar-refractivity contribution in [2.24, 2.45) is 0 Å². The second-order valence-electron chi connectivity index (χ2n) is 5.12. The minimum atomic E-state index is -0.700. The normalized spacial score (nSPS) is 23.8. The first kappa shape index (κ1) is 12.3. The smallest absolute Gasteiger partial charge is 0.119 e. The average molecular weight is 258 g/mol. The van der Waals surface area contributed by atoms with Gasteiger partial charge in [-0.25, -0.2) is 0 Å². The Morgan fingerprint density at radius 2 is 1.84 bits per heavy atom. The number of β-amino-alcohol motifs (C(OH)–C–C–N with tert-alkyl or cyclic N) is 1. The molecule has 1 aromatic carbocycles. The van der Waals surface area contributed by atoms with Crippen LogP contribution in [0.4, 0.5) is 0 Å². The molecule has 5 nitrogen and oxygen atoms in total. The predicted molar refractivity (Wildman–Crippen MR) is 71.4 cm³/mol. The molecule has 19 heavy (non-hydrogen) atoms. The molecule has 100 valence electrons. The highest BCUT2D eigenvalue weighted by atomic mass is 16.3. The molecule has 1 aromatic heterocycles. The van der Waals surface area contributed by atoms with Gasteiger partial charge in [-0.1, -0.05) is 30.3 Å². The molecule has 1 fully saturated rings. The summed E-state index contributed by atoms with van der Waals surface area (Å²) in [6, 6.07) is 9.94. The zero-order chi connectivity index (χ0) is 13.1. The molecule has 1 N–H and O–H groups in total. The topological polar surface area (TPSA) is 54.2 Å². The molecule has 0 saturated carbocycles. The van der Waals surface area contributed by atoms with Crippen LogP contribution in [-0.4, -0.2) is 44.4 Å². The van der Waals surface area contributed by atoms with Crippen LogP contribution in [-0.2, 0) is 12.1 Å². The molecular formula is C14H18N4O. The van der Waals surface area contributed by atoms with Gasteiger partial charge in [0, 0.05) is 26.2 Å². The van der Waals surface area contributed by atoms with Gasteiger partial charge in [0.15, 0.2) is 0 Å². The Bertz CT molecular complexity index is 514. The predicted octanol–water partition coefficient (Wildman–Crippen LogP) is 0.872. The number of aliphatic hydroxyl groups is 1. The standard InChI is InChI=1S/C14H18N4O/c19-14(13-4-2-1-3-5-13)6-7-17(10-14)8-9-18-11-15-16-12-18/h1-5,11-12,19H,6-10H2. The summed E-state index contributed by atoms with van der Waals surface area (Å²) >= 11 is 0. The highest BCUT2D eigenvalue weighted by Gasteiger charge is 2.37. The van der Waals surface area contributed by atoms with E-state index in [1.165, 1.54) is 0 Å². The maximum Gasteiger partial charge on any atom is 0.119 e. The SMILES string of the molecule is OC1(c2ccccc2)CCN(CCn2cnnc2)C1. The zero-order valence-corrected chi connectivity index (χ0v) is 10.8. The molecular weight excluding hydrogens is 240 g/mol. The van der Waals surface area contributed by atoms with E-state index in [9.17, 15) is 5.11 Å². The third-order valence-electron chi connectivity index (χ3n) is 3.78. The first-order valence-electron chi connectivity index (χ1n) is 6.59. The molecule has 2 heterocycles. The second-order valence-corrected chi connectivity index (χ2v) is 5.12. The lowest BCUT2D eigenvalue weighted by molar-refractivity contribution is 0.0458. The molecule has 1 aliphatic heterocycles. The van der Waals surface area contributed by atoms with Crippen molar-refractivity contribution in [3.63, 3.8) is 0 Å². The molecule has 1 unspecified atom stereocenters. The maximum absolute atomic E-state index is 10.7. The van der Waals surface area contributed by atoms with E-state index >= 15 is 0 Å². The fraction of sp³-hybridized carbons (Fsp3) is 0.429. The Balaban J connectivity index is 1.60. The molecule has 0 bridgehead atoms. The van der Waals surface area contributed by atoms with E-state index in [0.29, 0.717) is 6.54 Å². The average Bonchev–Trinajstić information content (AvgIpc) is 3.08. The Morgan fingerprint density at radius 3 is 2.58 bits per heavy atom. The highest BCUT2D eigenvalue weighted by molar-refractivity contribution is 5.24. The third kappa shape index (κ3) is 2.67. The lowest BCUT2D eigenvalue weighted by Crippen LogP contribution is -2.32. The highest BCUT2D eigenvalue weighted by Crippen LogP contribution is 2.31. The number of aromatic nitrogens is 3. The van der Waals surface area contributed by atoms with Crippen LogP contribution in [0.1, 0.15) is 12.0 Å². The lowest BCUT2D eigenvalue weighted by atomic mass is 9.93. The lowest BCUT2D eigenvalue weighted by Gasteiger charge is -2.24. The summed E-state index contributed by atoms with van der Waals surface area (Å²) in [6.07, 6.45) is 4.23. The van der Waals surface area contributed by atoms with Gasteiger partial charge in [-0.2, -0.15) is 0 Å². The number of hydrogen-bond donors (Lipinski definition) is 1. The molecule has 0 spiro atoms. The summed E-state index contributed by atoms with van der Waals surface area (Å²) in [5.41, 5.74) is 0.316. The van der Waals surface area contributed by atoms with Crippen LogP contribution in [0.5, 0.6) is 0 Å². The van der Waals surface area contributed by atoms with Crippen LogP contribution in [0.3, 0.4) is 0 Å². The van der Waals surface area contributed by atoms with Crippen molar-refractivity contribution < 1.29 is 5.11 Å². The molecule has 0 aliphatic carbocycles. The number of likely N-dealkylation sites (tertiary alicyclic amines) is 1. The summed E-state index contributed by atoms with van der Waals surface area (Å²) in [6.45, 7) is 3.39. The van der Waals surface area contributed by atoms with E-state index in [1.807, 2.05) is 34.9 Å². The Morgan fingerprint density at radius 1 is 1.11 bits per heavy atom. The third-order valence-corrected chi connectivity index (χ3v) is 3.78. The Hall–Kier alpha value is -1.72. The summed E-state index contributed by atoms with van der Waals surface area (Å²) in [7, 11) is 0. The van der Waals surface area contributed by atoms with E-state index in [1.54, 1.807) is 12.7 Å². The van der Waals surface area contributed by atoms with Crippen LogP contribution in [0.25, 0.3) is 0 Å². The summed E-state index contributed by atoms with van der Waals surface area (Å²) < 4.78 is 1.96. The number of nitrogens with zero attached hydrogens (tertiary/aromatic N) is 4. The van der Waals surface area contributed by atoms with Crippen LogP contribution >= 0.6 is 0 Å². The van der Waals surface area contributed by atoms with Crippen LogP contribution in [0.15, 0.2) is 43.0 Å². The monoisotopic (exact) mass is 258 g/mol. The largest absolute Gasteiger partial charge is 0.384 e. The van der Waals surface area contributed by atoms with Crippen LogP contribution in [0.2, 0.25) is 0 Å². The minimum Gasteiger partial charge on any atom is -0.384 e. The van der Waals surface area contributed by atoms with Gasteiger partial charge < -0.3 is 9.67 Å². The van der Waals surface area contributed by atoms with E-state index < -0.39 is 5.60 Å². The molecule has 0 radical (unpaired) electrons. The van der Waals surface area contributed by atoms with Gasteiger partial charge >= 0.3 is 0 Å². The number of benzene rings is 1. The first-order valence-corrected chi connectivity index (χ1v) is 6.59. The van der Waals surface area contributed by atoms with Gasteiger partial charge in [0.1, 0.15) is 18.3 Å². The van der Waals surface area contributed by atoms with Crippen molar-refractivity contribution in [3.05, 3.63) is 48.5 Å². The van der Waals surface area contributed by atoms with E-state index in [-0.39, 0.29) is 0 Å². The maximum atomic E-state index is 10.7. The van der Waals surface area contributed by atoms with Crippen LogP contribution < -0.4 is 0 Å². The van der Waals surface area contributed by atoms with Gasteiger partial charge in [-0.3, -0.25) is 4.90 Å². The van der Waals surface area contributed by atoms with Gasteiger partial charge in [-0.05, 0) is 12.0 Å². The van der Waals surface area contributed by atoms with Gasteiger partial charge in [0.05, 0.1) is 0 Å². The van der Waals surface area contributed by atoms with Gasteiger partial charge in [0.25, 0.3) is 0 Å². The molecule has 2 aromatic rings. The molecule has 0 amide bonds.